The number of nitrogens with one attached hydrogen (secondary N) is 1. The van der Waals surface area contributed by atoms with Gasteiger partial charge in [0.05, 0.1) is 29.0 Å². The molecule has 3 N–H and O–H groups in total. The molecule has 0 bridgehead atoms. The lowest BCUT2D eigenvalue weighted by atomic mass is 9.85. The van der Waals surface area contributed by atoms with Gasteiger partial charge in [-0.25, -0.2) is 14.6 Å². The number of pyridine rings is 2. The van der Waals surface area contributed by atoms with Gasteiger partial charge in [-0.3, -0.25) is 9.59 Å². The van der Waals surface area contributed by atoms with Gasteiger partial charge in [-0.2, -0.15) is 0 Å². The summed E-state index contributed by atoms with van der Waals surface area (Å²) in [7, 11) is 0. The molecule has 49 heavy (non-hydrogen) atoms. The Morgan fingerprint density at radius 2 is 1.86 bits per heavy atom. The predicted molar refractivity (Wildman–Crippen MR) is 185 cm³/mol. The van der Waals surface area contributed by atoms with Crippen molar-refractivity contribution < 1.29 is 28.6 Å². The second kappa shape index (κ2) is 13.8. The van der Waals surface area contributed by atoms with E-state index < -0.39 is 17.7 Å². The lowest BCUT2D eigenvalue weighted by Gasteiger charge is -2.35. The van der Waals surface area contributed by atoms with Crippen molar-refractivity contribution in [3.8, 4) is 11.4 Å². The molecule has 6 rings (SSSR count). The van der Waals surface area contributed by atoms with Gasteiger partial charge in [0, 0.05) is 28.1 Å². The minimum Gasteiger partial charge on any atom is -0.457 e. The van der Waals surface area contributed by atoms with Crippen LogP contribution in [0.1, 0.15) is 79.8 Å². The van der Waals surface area contributed by atoms with Crippen molar-refractivity contribution in [3.05, 3.63) is 92.3 Å². The highest BCUT2D eigenvalue weighted by Crippen LogP contribution is 2.42. The zero-order valence-electron chi connectivity index (χ0n) is 28.4. The maximum absolute atomic E-state index is 14.0. The molecule has 1 amide bonds. The maximum Gasteiger partial charge on any atom is 0.510 e. The number of anilines is 1. The van der Waals surface area contributed by atoms with Crippen LogP contribution in [0.5, 0.6) is 0 Å². The molecule has 0 fully saturated rings. The quantitative estimate of drug-likeness (QED) is 0.127. The average molecular weight is 667 g/mol. The van der Waals surface area contributed by atoms with Crippen molar-refractivity contribution in [1.82, 2.24) is 9.55 Å². The van der Waals surface area contributed by atoms with Crippen LogP contribution < -0.4 is 16.6 Å². The monoisotopic (exact) mass is 666 g/mol. The second-order valence-electron chi connectivity index (χ2n) is 12.9. The van der Waals surface area contributed by atoms with Crippen molar-refractivity contribution in [3.63, 3.8) is 0 Å². The summed E-state index contributed by atoms with van der Waals surface area (Å²) in [5.41, 5.74) is 10.5. The summed E-state index contributed by atoms with van der Waals surface area (Å²) in [5, 5.41) is 3.96. The van der Waals surface area contributed by atoms with Gasteiger partial charge in [-0.05, 0) is 80.6 Å². The first-order valence-electron chi connectivity index (χ1n) is 16.9. The molecule has 256 valence electrons. The fourth-order valence-corrected chi connectivity index (χ4v) is 6.83. The van der Waals surface area contributed by atoms with E-state index in [0.29, 0.717) is 35.7 Å². The van der Waals surface area contributed by atoms with Gasteiger partial charge in [0.1, 0.15) is 13.2 Å². The number of nitrogens with two attached hydrogens (primary N) is 1. The number of hydrogen-bond donors (Lipinski definition) is 2. The van der Waals surface area contributed by atoms with E-state index in [9.17, 15) is 19.2 Å². The van der Waals surface area contributed by atoms with Crippen molar-refractivity contribution in [2.45, 2.75) is 85.2 Å². The number of hydrogen-bond acceptors (Lipinski definition) is 9. The Kier molecular flexibility index (Phi) is 9.56. The van der Waals surface area contributed by atoms with Crippen molar-refractivity contribution >= 4 is 34.6 Å². The highest BCUT2D eigenvalue weighted by atomic mass is 16.7. The van der Waals surface area contributed by atoms with E-state index in [1.807, 2.05) is 26.0 Å². The molecule has 2 atom stereocenters. The number of esters is 1. The molecular weight excluding hydrogens is 624 g/mol. The third-order valence-corrected chi connectivity index (χ3v) is 9.66. The SMILES string of the molecule is CCc1c2c(nc3ccc(C)cc13)-c1cc3c(c(=O)n1C2)COC(=O)C3(CC)OC(=O)OCc1ccc(NC(=O)C(C)CCCCN)cc1. The Hall–Kier alpha value is -5.03. The number of ether oxygens (including phenoxy) is 3. The highest BCUT2D eigenvalue weighted by Gasteiger charge is 2.51. The van der Waals surface area contributed by atoms with Crippen LogP contribution in [0, 0.1) is 12.8 Å². The summed E-state index contributed by atoms with van der Waals surface area (Å²) in [4.78, 5) is 58.0. The first-order valence-corrected chi connectivity index (χ1v) is 16.9. The number of fused-ring (bicyclic) bond motifs is 5. The number of rotatable bonds is 11. The third-order valence-electron chi connectivity index (χ3n) is 9.66. The van der Waals surface area contributed by atoms with Gasteiger partial charge < -0.3 is 29.8 Å². The summed E-state index contributed by atoms with van der Waals surface area (Å²) in [5.74, 6) is -0.989. The molecule has 2 aromatic carbocycles. The van der Waals surface area contributed by atoms with Gasteiger partial charge in [-0.15, -0.1) is 0 Å². The Morgan fingerprint density at radius 3 is 2.57 bits per heavy atom. The second-order valence-corrected chi connectivity index (χ2v) is 12.9. The van der Waals surface area contributed by atoms with E-state index in [1.54, 1.807) is 41.8 Å². The molecule has 2 aliphatic rings. The highest BCUT2D eigenvalue weighted by molar-refractivity contribution is 5.92. The number of cyclic esters (lactones) is 1. The summed E-state index contributed by atoms with van der Waals surface area (Å²) in [6.45, 7) is 8.29. The Labute approximate surface area is 284 Å². The Balaban J connectivity index is 1.22. The van der Waals surface area contributed by atoms with E-state index >= 15 is 0 Å². The topological polar surface area (TPSA) is 152 Å². The Bertz CT molecular complexity index is 2000. The van der Waals surface area contributed by atoms with Crippen LogP contribution in [0.25, 0.3) is 22.3 Å². The largest absolute Gasteiger partial charge is 0.510 e. The molecule has 4 heterocycles. The Morgan fingerprint density at radius 1 is 1.08 bits per heavy atom. The lowest BCUT2D eigenvalue weighted by molar-refractivity contribution is -0.175. The first-order chi connectivity index (χ1) is 23.6. The van der Waals surface area contributed by atoms with Gasteiger partial charge >= 0.3 is 12.1 Å². The predicted octanol–water partition coefficient (Wildman–Crippen LogP) is 6.02. The van der Waals surface area contributed by atoms with Gasteiger partial charge in [0.2, 0.25) is 11.5 Å². The number of benzene rings is 2. The number of aromatic nitrogens is 2. The average Bonchev–Trinajstić information content (AvgIpc) is 3.46. The number of amides is 1. The van der Waals surface area contributed by atoms with Gasteiger partial charge in [0.25, 0.3) is 5.56 Å². The normalized spacial score (nSPS) is 16.7. The molecule has 2 aromatic heterocycles. The molecule has 0 radical (unpaired) electrons. The summed E-state index contributed by atoms with van der Waals surface area (Å²) < 4.78 is 18.4. The molecular formula is C38H42N4O7. The number of unbranched alkanes of at least 4 members (excludes halogenated alkanes) is 1. The molecule has 11 nitrogen and oxygen atoms in total. The van der Waals surface area contributed by atoms with E-state index in [4.69, 9.17) is 24.9 Å². The first kappa shape index (κ1) is 33.9. The smallest absolute Gasteiger partial charge is 0.457 e. The standard InChI is InChI=1S/C38H42N4O7/c1-5-26-27-17-22(3)10-15-31(27)41-33-28(26)19-42-32(33)18-30-29(35(42)44)21-47-36(45)38(30,6-2)49-37(46)48-20-24-11-13-25(14-12-24)40-34(43)23(4)9-7-8-16-39/h10-15,17-18,23H,5-9,16,19-21,39H2,1-4H3,(H,40,43). The van der Waals surface area contributed by atoms with E-state index in [2.05, 4.69) is 18.3 Å². The molecule has 0 saturated heterocycles. The van der Waals surface area contributed by atoms with E-state index in [-0.39, 0.29) is 48.1 Å². The molecule has 0 saturated carbocycles. The van der Waals surface area contributed by atoms with E-state index in [1.165, 1.54) is 0 Å². The maximum atomic E-state index is 14.0. The minimum absolute atomic E-state index is 0.0212. The van der Waals surface area contributed by atoms with Gasteiger partial charge in [-0.1, -0.05) is 51.0 Å². The number of carbonyl (C=O) groups excluding carboxylic acids is 3. The summed E-state index contributed by atoms with van der Waals surface area (Å²) >= 11 is 0. The molecule has 0 aliphatic carbocycles. The number of nitrogens with zero attached hydrogens (tertiary/aromatic N) is 2. The van der Waals surface area contributed by atoms with Crippen LogP contribution in [-0.4, -0.2) is 34.1 Å². The van der Waals surface area contributed by atoms with Crippen LogP contribution in [0.2, 0.25) is 0 Å². The van der Waals surface area contributed by atoms with Gasteiger partial charge in [0.15, 0.2) is 0 Å². The molecule has 11 heteroatoms. The van der Waals surface area contributed by atoms with E-state index in [0.717, 1.165) is 53.3 Å². The molecule has 4 aromatic rings. The lowest BCUT2D eigenvalue weighted by Crippen LogP contribution is -2.47. The zero-order valence-corrected chi connectivity index (χ0v) is 28.4. The van der Waals surface area contributed by atoms with Crippen molar-refractivity contribution in [2.24, 2.45) is 11.7 Å². The summed E-state index contributed by atoms with van der Waals surface area (Å²) in [6, 6.07) is 14.8. The summed E-state index contributed by atoms with van der Waals surface area (Å²) in [6.07, 6.45) is 2.23. The molecule has 2 unspecified atom stereocenters. The molecule has 0 spiro atoms. The fraction of sp³-hybridized carbons (Fsp3) is 0.395. The van der Waals surface area contributed by atoms with Crippen molar-refractivity contribution in [2.75, 3.05) is 11.9 Å². The molecule has 2 aliphatic heterocycles. The van der Waals surface area contributed by atoms with Crippen LogP contribution in [0.4, 0.5) is 10.5 Å². The van der Waals surface area contributed by atoms with Crippen LogP contribution in [-0.2, 0) is 55.6 Å². The number of carbonyl (C=O) groups is 3. The minimum atomic E-state index is -1.88. The number of aryl methyl sites for hydroxylation is 2. The van der Waals surface area contributed by atoms with Crippen LogP contribution in [0.3, 0.4) is 0 Å². The third kappa shape index (κ3) is 6.30. The van der Waals surface area contributed by atoms with Crippen LogP contribution in [0.15, 0.2) is 53.3 Å². The fourth-order valence-electron chi connectivity index (χ4n) is 6.83. The zero-order chi connectivity index (χ0) is 34.9. The van der Waals surface area contributed by atoms with Crippen molar-refractivity contribution in [1.29, 1.82) is 0 Å². The van der Waals surface area contributed by atoms with Crippen LogP contribution >= 0.6 is 0 Å².